The Bertz CT molecular complexity index is 1040. The summed E-state index contributed by atoms with van der Waals surface area (Å²) >= 11 is 1.30. The van der Waals surface area contributed by atoms with E-state index in [1.54, 1.807) is 49.6 Å². The van der Waals surface area contributed by atoms with Gasteiger partial charge in [0.05, 0.1) is 17.7 Å². The lowest BCUT2D eigenvalue weighted by Crippen LogP contribution is -2.41. The molecule has 0 aliphatic carbocycles. The SMILES string of the molecule is CCC(=O)Nc1ccc(S(=O)(=O)NC[C@](O)(c2ccco2)c2cccs2)c(C)c1. The van der Waals surface area contributed by atoms with Gasteiger partial charge in [-0.2, -0.15) is 0 Å². The molecule has 3 rings (SSSR count). The zero-order valence-electron chi connectivity index (χ0n) is 16.0. The molecule has 154 valence electrons. The molecule has 0 radical (unpaired) electrons. The van der Waals surface area contributed by atoms with Crippen LogP contribution in [0.15, 0.2) is 63.4 Å². The summed E-state index contributed by atoms with van der Waals surface area (Å²) in [5.41, 5.74) is -0.628. The minimum Gasteiger partial charge on any atom is -0.466 e. The second-order valence-corrected chi connectivity index (χ2v) is 9.20. The van der Waals surface area contributed by atoms with Crippen molar-refractivity contribution < 1.29 is 22.7 Å². The van der Waals surface area contributed by atoms with Gasteiger partial charge in [0.1, 0.15) is 5.76 Å². The number of carbonyl (C=O) groups excluding carboxylic acids is 1. The van der Waals surface area contributed by atoms with Gasteiger partial charge in [0.2, 0.25) is 15.9 Å². The van der Waals surface area contributed by atoms with Crippen molar-refractivity contribution in [3.05, 3.63) is 70.3 Å². The van der Waals surface area contributed by atoms with Crippen LogP contribution >= 0.6 is 11.3 Å². The van der Waals surface area contributed by atoms with Gasteiger partial charge in [-0.15, -0.1) is 11.3 Å². The number of nitrogens with one attached hydrogen (secondary N) is 2. The summed E-state index contributed by atoms with van der Waals surface area (Å²) in [4.78, 5) is 12.2. The third-order valence-corrected chi connectivity index (χ3v) is 7.03. The number of benzene rings is 1. The topological polar surface area (TPSA) is 109 Å². The Morgan fingerprint density at radius 1 is 1.24 bits per heavy atom. The maximum atomic E-state index is 12.9. The van der Waals surface area contributed by atoms with Crippen molar-refractivity contribution in [2.24, 2.45) is 0 Å². The van der Waals surface area contributed by atoms with Gasteiger partial charge in [-0.05, 0) is 54.3 Å². The number of hydrogen-bond acceptors (Lipinski definition) is 6. The summed E-state index contributed by atoms with van der Waals surface area (Å²) in [6.45, 7) is 3.09. The fourth-order valence-electron chi connectivity index (χ4n) is 2.88. The summed E-state index contributed by atoms with van der Waals surface area (Å²) < 4.78 is 33.6. The molecule has 2 aromatic heterocycles. The molecular weight excluding hydrogens is 412 g/mol. The van der Waals surface area contributed by atoms with Crippen molar-refractivity contribution in [2.45, 2.75) is 30.8 Å². The van der Waals surface area contributed by atoms with Gasteiger partial charge < -0.3 is 14.8 Å². The van der Waals surface area contributed by atoms with Crippen molar-refractivity contribution >= 4 is 33.0 Å². The summed E-state index contributed by atoms with van der Waals surface area (Å²) in [7, 11) is -3.92. The van der Waals surface area contributed by atoms with Crippen LogP contribution in [-0.4, -0.2) is 26.0 Å². The highest BCUT2D eigenvalue weighted by molar-refractivity contribution is 7.89. The number of furan rings is 1. The standard InChI is InChI=1S/C20H22N2O5S2/c1-3-19(23)22-15-8-9-16(14(2)12-15)29(25,26)21-13-20(24,17-6-4-10-27-17)18-7-5-11-28-18/h4-12,21,24H,3,13H2,1-2H3,(H,22,23)/t20-/m0/s1. The molecule has 0 saturated heterocycles. The van der Waals surface area contributed by atoms with Crippen LogP contribution in [0.25, 0.3) is 0 Å². The van der Waals surface area contributed by atoms with Crippen molar-refractivity contribution in [1.29, 1.82) is 0 Å². The van der Waals surface area contributed by atoms with E-state index in [1.165, 1.54) is 29.7 Å². The van der Waals surface area contributed by atoms with Crippen molar-refractivity contribution in [2.75, 3.05) is 11.9 Å². The monoisotopic (exact) mass is 434 g/mol. The zero-order valence-corrected chi connectivity index (χ0v) is 17.6. The molecule has 0 aliphatic heterocycles. The van der Waals surface area contributed by atoms with E-state index in [0.717, 1.165) is 0 Å². The third kappa shape index (κ3) is 4.59. The molecule has 0 fully saturated rings. The molecule has 0 unspecified atom stereocenters. The van der Waals surface area contributed by atoms with Gasteiger partial charge in [-0.25, -0.2) is 13.1 Å². The molecule has 1 atom stereocenters. The second kappa shape index (κ2) is 8.50. The van der Waals surface area contributed by atoms with Crippen LogP contribution in [0.1, 0.15) is 29.5 Å². The van der Waals surface area contributed by atoms with Crippen LogP contribution in [0.5, 0.6) is 0 Å². The number of rotatable bonds is 8. The van der Waals surface area contributed by atoms with Gasteiger partial charge in [0, 0.05) is 17.0 Å². The third-order valence-electron chi connectivity index (χ3n) is 4.44. The molecule has 7 nitrogen and oxygen atoms in total. The van der Waals surface area contributed by atoms with Crippen molar-refractivity contribution in [1.82, 2.24) is 4.72 Å². The molecule has 3 N–H and O–H groups in total. The van der Waals surface area contributed by atoms with Crippen LogP contribution < -0.4 is 10.0 Å². The van der Waals surface area contributed by atoms with E-state index < -0.39 is 15.6 Å². The quantitative estimate of drug-likeness (QED) is 0.504. The Labute approximate surface area is 173 Å². The van der Waals surface area contributed by atoms with E-state index in [2.05, 4.69) is 10.0 Å². The highest BCUT2D eigenvalue weighted by atomic mass is 32.2. The molecule has 0 saturated carbocycles. The number of thiophene rings is 1. The molecule has 0 bridgehead atoms. The lowest BCUT2D eigenvalue weighted by Gasteiger charge is -2.25. The Kier molecular flexibility index (Phi) is 6.23. The van der Waals surface area contributed by atoms with Crippen LogP contribution in [0, 0.1) is 6.92 Å². The predicted octanol–water partition coefficient (Wildman–Crippen LogP) is 3.21. The van der Waals surface area contributed by atoms with Crippen molar-refractivity contribution in [3.8, 4) is 0 Å². The van der Waals surface area contributed by atoms with Crippen LogP contribution in [0.3, 0.4) is 0 Å². The first-order valence-electron chi connectivity index (χ1n) is 8.97. The molecule has 0 spiro atoms. The van der Waals surface area contributed by atoms with Gasteiger partial charge in [0.25, 0.3) is 0 Å². The van der Waals surface area contributed by atoms with Gasteiger partial charge >= 0.3 is 0 Å². The first-order chi connectivity index (χ1) is 13.8. The average molecular weight is 435 g/mol. The predicted molar refractivity (Wildman–Crippen MR) is 111 cm³/mol. The molecule has 9 heteroatoms. The Balaban J connectivity index is 1.84. The fraction of sp³-hybridized carbons (Fsp3) is 0.250. The number of sulfonamides is 1. The van der Waals surface area contributed by atoms with E-state index in [1.807, 2.05) is 0 Å². The normalized spacial score (nSPS) is 13.8. The summed E-state index contributed by atoms with van der Waals surface area (Å²) in [6, 6.07) is 11.3. The van der Waals surface area contributed by atoms with E-state index in [9.17, 15) is 18.3 Å². The van der Waals surface area contributed by atoms with Crippen LogP contribution in [-0.2, 0) is 20.4 Å². The average Bonchev–Trinajstić information content (AvgIpc) is 3.40. The van der Waals surface area contributed by atoms with Gasteiger partial charge in [-0.1, -0.05) is 13.0 Å². The highest BCUT2D eigenvalue weighted by Crippen LogP contribution is 2.33. The number of hydrogen-bond donors (Lipinski definition) is 3. The lowest BCUT2D eigenvalue weighted by atomic mass is 9.99. The Morgan fingerprint density at radius 2 is 2.03 bits per heavy atom. The molecule has 1 amide bonds. The molecule has 3 aromatic rings. The largest absolute Gasteiger partial charge is 0.466 e. The van der Waals surface area contributed by atoms with Crippen LogP contribution in [0.2, 0.25) is 0 Å². The zero-order chi connectivity index (χ0) is 21.1. The first-order valence-corrected chi connectivity index (χ1v) is 11.3. The van der Waals surface area contributed by atoms with E-state index in [4.69, 9.17) is 4.42 Å². The van der Waals surface area contributed by atoms with Gasteiger partial charge in [0.15, 0.2) is 5.60 Å². The fourth-order valence-corrected chi connectivity index (χ4v) is 4.99. The Hall–Kier alpha value is -2.46. The Morgan fingerprint density at radius 3 is 2.62 bits per heavy atom. The number of amides is 1. The summed E-state index contributed by atoms with van der Waals surface area (Å²) in [5.74, 6) is 0.0922. The van der Waals surface area contributed by atoms with Gasteiger partial charge in [-0.3, -0.25) is 4.79 Å². The summed E-state index contributed by atoms with van der Waals surface area (Å²) in [6.07, 6.45) is 1.75. The number of aryl methyl sites for hydroxylation is 1. The van der Waals surface area contributed by atoms with E-state index in [0.29, 0.717) is 22.5 Å². The molecule has 0 aliphatic rings. The molecule has 2 heterocycles. The molecule has 1 aromatic carbocycles. The van der Waals surface area contributed by atoms with Crippen LogP contribution in [0.4, 0.5) is 5.69 Å². The van der Waals surface area contributed by atoms with E-state index in [-0.39, 0.29) is 23.1 Å². The number of carbonyl (C=O) groups is 1. The maximum absolute atomic E-state index is 12.9. The smallest absolute Gasteiger partial charge is 0.240 e. The highest BCUT2D eigenvalue weighted by Gasteiger charge is 2.37. The second-order valence-electron chi connectivity index (χ2n) is 6.52. The number of anilines is 1. The van der Waals surface area contributed by atoms with E-state index >= 15 is 0 Å². The lowest BCUT2D eigenvalue weighted by molar-refractivity contribution is -0.115. The first kappa shape index (κ1) is 21.3. The number of aliphatic hydroxyl groups is 1. The molecule has 29 heavy (non-hydrogen) atoms. The van der Waals surface area contributed by atoms with Crippen molar-refractivity contribution in [3.63, 3.8) is 0 Å². The minimum atomic E-state index is -3.92. The summed E-state index contributed by atoms with van der Waals surface area (Å²) in [5, 5.41) is 15.7. The minimum absolute atomic E-state index is 0.0694. The molecular formula is C20H22N2O5S2. The maximum Gasteiger partial charge on any atom is 0.240 e.